The predicted molar refractivity (Wildman–Crippen MR) is 130 cm³/mol. The zero-order valence-electron chi connectivity index (χ0n) is 20.0. The Morgan fingerprint density at radius 1 is 0.750 bits per heavy atom. The van der Waals surface area contributed by atoms with Crippen LogP contribution in [-0.4, -0.2) is 5.97 Å². The number of carboxylic acid groups (broad SMARTS) is 1. The summed E-state index contributed by atoms with van der Waals surface area (Å²) in [5, 5.41) is 11.4. The summed E-state index contributed by atoms with van der Waals surface area (Å²) >= 11 is 0. The number of unbranched alkanes of at least 4 members (excludes halogenated alkanes) is 14. The molecule has 32 heavy (non-hydrogen) atoms. The third kappa shape index (κ3) is 11.0. The van der Waals surface area contributed by atoms with Crippen molar-refractivity contribution in [2.75, 3.05) is 0 Å². The molecule has 4 nitrogen and oxygen atoms in total. The first-order chi connectivity index (χ1) is 15.6. The van der Waals surface area contributed by atoms with Crippen molar-refractivity contribution in [1.82, 2.24) is 0 Å². The molecule has 0 atom stereocenters. The topological polar surface area (TPSA) is 70.3 Å². The molecule has 0 saturated heterocycles. The van der Waals surface area contributed by atoms with Gasteiger partial charge in [0.2, 0.25) is 0 Å². The van der Waals surface area contributed by atoms with Gasteiger partial charge in [-0.2, -0.15) is 0 Å². The van der Waals surface area contributed by atoms with Crippen LogP contribution in [-0.2, 0) is 11.2 Å². The summed E-state index contributed by atoms with van der Waals surface area (Å²) in [6.07, 6.45) is 19.9. The lowest BCUT2D eigenvalue weighted by molar-refractivity contribution is -0.305. The third-order valence-electron chi connectivity index (χ3n) is 6.36. The Bertz CT molecular complexity index is 852. The van der Waals surface area contributed by atoms with E-state index in [0.29, 0.717) is 5.58 Å². The smallest absolute Gasteiger partial charge is 0.336 e. The van der Waals surface area contributed by atoms with Gasteiger partial charge >= 0.3 is 5.63 Å². The van der Waals surface area contributed by atoms with Gasteiger partial charge in [0, 0.05) is 17.4 Å². The molecule has 0 radical (unpaired) electrons. The van der Waals surface area contributed by atoms with Gasteiger partial charge in [-0.3, -0.25) is 0 Å². The van der Waals surface area contributed by atoms with Crippen molar-refractivity contribution in [3.63, 3.8) is 0 Å². The van der Waals surface area contributed by atoms with E-state index in [9.17, 15) is 14.7 Å². The van der Waals surface area contributed by atoms with Crippen LogP contribution in [0.2, 0.25) is 0 Å². The number of aryl methyl sites for hydroxylation is 2. The highest BCUT2D eigenvalue weighted by molar-refractivity contribution is 5.80. The van der Waals surface area contributed by atoms with Crippen LogP contribution in [0.25, 0.3) is 11.0 Å². The van der Waals surface area contributed by atoms with E-state index >= 15 is 0 Å². The number of carbonyl (C=O) groups is 1. The van der Waals surface area contributed by atoms with Crippen LogP contribution in [0.15, 0.2) is 33.5 Å². The Hall–Kier alpha value is -2.10. The van der Waals surface area contributed by atoms with Gasteiger partial charge in [0.15, 0.2) is 0 Å². The van der Waals surface area contributed by atoms with Gasteiger partial charge in [0.1, 0.15) is 5.58 Å². The zero-order valence-corrected chi connectivity index (χ0v) is 20.0. The molecule has 0 amide bonds. The average molecular weight is 442 g/mol. The molecule has 2 aromatic rings. The molecule has 0 aliphatic carbocycles. The summed E-state index contributed by atoms with van der Waals surface area (Å²) in [5.41, 5.74) is 2.67. The minimum Gasteiger partial charge on any atom is -0.550 e. The van der Waals surface area contributed by atoms with Crippen molar-refractivity contribution in [1.29, 1.82) is 0 Å². The minimum absolute atomic E-state index is 0.213. The predicted octanol–water partition coefficient (Wildman–Crippen LogP) is 6.64. The van der Waals surface area contributed by atoms with Crippen molar-refractivity contribution >= 4 is 16.9 Å². The molecule has 1 aromatic carbocycles. The van der Waals surface area contributed by atoms with E-state index in [0.717, 1.165) is 36.6 Å². The van der Waals surface area contributed by atoms with Crippen LogP contribution in [0, 0.1) is 6.92 Å². The lowest BCUT2D eigenvalue weighted by Gasteiger charge is -2.05. The third-order valence-corrected chi connectivity index (χ3v) is 6.36. The maximum atomic E-state index is 11.6. The molecule has 0 saturated carbocycles. The molecule has 0 spiro atoms. The maximum Gasteiger partial charge on any atom is 0.336 e. The van der Waals surface area contributed by atoms with Crippen molar-refractivity contribution < 1.29 is 14.3 Å². The summed E-state index contributed by atoms with van der Waals surface area (Å²) in [4.78, 5) is 21.9. The maximum absolute atomic E-state index is 11.6. The first-order valence-corrected chi connectivity index (χ1v) is 12.8. The van der Waals surface area contributed by atoms with Gasteiger partial charge in [-0.15, -0.1) is 0 Å². The van der Waals surface area contributed by atoms with E-state index in [1.54, 1.807) is 6.07 Å². The molecule has 0 fully saturated rings. The lowest BCUT2D eigenvalue weighted by atomic mass is 10.0. The highest BCUT2D eigenvalue weighted by atomic mass is 16.4. The van der Waals surface area contributed by atoms with Crippen LogP contribution in [0.5, 0.6) is 0 Å². The first-order valence-electron chi connectivity index (χ1n) is 12.8. The SMILES string of the molecule is Cc1cc(=O)oc2cc(CCCCCCCCCCCCCCCCCC(=O)[O-])ccc12. The highest BCUT2D eigenvalue weighted by Gasteiger charge is 2.03. The fraction of sp³-hybridized carbons (Fsp3) is 0.643. The molecule has 0 N–H and O–H groups in total. The molecule has 0 aliphatic heterocycles. The van der Waals surface area contributed by atoms with E-state index in [-0.39, 0.29) is 12.0 Å². The molecule has 0 aliphatic rings. The molecular weight excluding hydrogens is 400 g/mol. The number of hydrogen-bond acceptors (Lipinski definition) is 4. The fourth-order valence-electron chi connectivity index (χ4n) is 4.42. The van der Waals surface area contributed by atoms with Crippen LogP contribution in [0.4, 0.5) is 0 Å². The van der Waals surface area contributed by atoms with Crippen molar-refractivity contribution in [2.24, 2.45) is 0 Å². The van der Waals surface area contributed by atoms with E-state index < -0.39 is 5.97 Å². The molecule has 1 aromatic heterocycles. The molecule has 0 unspecified atom stereocenters. The second-order valence-corrected chi connectivity index (χ2v) is 9.25. The summed E-state index contributed by atoms with van der Waals surface area (Å²) in [7, 11) is 0. The standard InChI is InChI=1S/C28H42O4/c1-23-21-28(31)32-26-22-24(19-20-25(23)26)17-15-13-11-9-7-5-3-2-4-6-8-10-12-14-16-18-27(29)30/h19-22H,2-18H2,1H3,(H,29,30)/p-1. The Kier molecular flexibility index (Phi) is 12.8. The van der Waals surface area contributed by atoms with E-state index in [2.05, 4.69) is 12.1 Å². The Morgan fingerprint density at radius 3 is 1.78 bits per heavy atom. The summed E-state index contributed by atoms with van der Waals surface area (Å²) < 4.78 is 5.35. The minimum atomic E-state index is -0.918. The Labute approximate surface area is 193 Å². The van der Waals surface area contributed by atoms with E-state index in [1.807, 2.05) is 13.0 Å². The van der Waals surface area contributed by atoms with Crippen LogP contribution in [0.3, 0.4) is 0 Å². The van der Waals surface area contributed by atoms with Crippen molar-refractivity contribution in [3.8, 4) is 0 Å². The van der Waals surface area contributed by atoms with Gasteiger partial charge in [-0.25, -0.2) is 4.79 Å². The van der Waals surface area contributed by atoms with Crippen LogP contribution >= 0.6 is 0 Å². The second kappa shape index (κ2) is 15.7. The molecule has 2 rings (SSSR count). The van der Waals surface area contributed by atoms with Gasteiger partial charge in [0.05, 0.1) is 0 Å². The van der Waals surface area contributed by atoms with Crippen LogP contribution in [0.1, 0.15) is 114 Å². The number of rotatable bonds is 18. The summed E-state index contributed by atoms with van der Waals surface area (Å²) in [6, 6.07) is 7.81. The van der Waals surface area contributed by atoms with Crippen molar-refractivity contribution in [3.05, 3.63) is 45.8 Å². The van der Waals surface area contributed by atoms with Gasteiger partial charge in [-0.05, 0) is 49.8 Å². The first kappa shape index (κ1) is 26.2. The quantitative estimate of drug-likeness (QED) is 0.192. The summed E-state index contributed by atoms with van der Waals surface area (Å²) in [5.74, 6) is -0.918. The average Bonchev–Trinajstić information content (AvgIpc) is 2.75. The monoisotopic (exact) mass is 441 g/mol. The number of fused-ring (bicyclic) bond motifs is 1. The Morgan fingerprint density at radius 2 is 1.25 bits per heavy atom. The molecule has 1 heterocycles. The van der Waals surface area contributed by atoms with Gasteiger partial charge in [0.25, 0.3) is 0 Å². The van der Waals surface area contributed by atoms with Crippen LogP contribution < -0.4 is 10.7 Å². The van der Waals surface area contributed by atoms with E-state index in [1.165, 1.54) is 82.6 Å². The lowest BCUT2D eigenvalue weighted by Crippen LogP contribution is -2.21. The number of benzene rings is 1. The normalized spacial score (nSPS) is 11.3. The summed E-state index contributed by atoms with van der Waals surface area (Å²) in [6.45, 7) is 1.95. The fourth-order valence-corrected chi connectivity index (χ4v) is 4.42. The molecule has 178 valence electrons. The molecule has 4 heteroatoms. The molecule has 0 bridgehead atoms. The number of aliphatic carboxylic acids is 1. The largest absolute Gasteiger partial charge is 0.550 e. The van der Waals surface area contributed by atoms with Gasteiger partial charge < -0.3 is 14.3 Å². The Balaban J connectivity index is 1.39. The molecular formula is C28H41O4-. The number of carbonyl (C=O) groups excluding carboxylic acids is 1. The van der Waals surface area contributed by atoms with Gasteiger partial charge in [-0.1, -0.05) is 95.6 Å². The van der Waals surface area contributed by atoms with E-state index in [4.69, 9.17) is 4.42 Å². The number of carboxylic acids is 1. The van der Waals surface area contributed by atoms with Crippen molar-refractivity contribution in [2.45, 2.75) is 116 Å². The number of hydrogen-bond donors (Lipinski definition) is 0. The highest BCUT2D eigenvalue weighted by Crippen LogP contribution is 2.20. The zero-order chi connectivity index (χ0) is 23.0. The second-order valence-electron chi connectivity index (χ2n) is 9.25.